The average Bonchev–Trinajstić information content (AvgIpc) is 2.13. The molecule has 3 aliphatic rings. The molecule has 4 heteroatoms. The van der Waals surface area contributed by atoms with Crippen molar-refractivity contribution in [3.8, 4) is 0 Å². The molecule has 92 valence electrons. The zero-order valence-corrected chi connectivity index (χ0v) is 11.3. The first-order valence-electron chi connectivity index (χ1n) is 5.66. The monoisotopic (exact) mass is 352 g/mol. The van der Waals surface area contributed by atoms with Crippen LogP contribution in [0.2, 0.25) is 0 Å². The molecule has 0 unspecified atom stereocenters. The summed E-state index contributed by atoms with van der Waals surface area (Å²) in [5.74, 6) is 0. The standard InChI is InChI=1S/C13H12F3I/c14-13(15,16)10-3-1-9(2-4-10)5-11-6-12(17,7-11)8-11/h1-4H,5-8H2. The highest BCUT2D eigenvalue weighted by molar-refractivity contribution is 14.1. The molecule has 0 spiro atoms. The van der Waals surface area contributed by atoms with Gasteiger partial charge < -0.3 is 0 Å². The van der Waals surface area contributed by atoms with Crippen molar-refractivity contribution in [2.75, 3.05) is 0 Å². The molecule has 1 aromatic carbocycles. The summed E-state index contributed by atoms with van der Waals surface area (Å²) in [6.45, 7) is 0. The summed E-state index contributed by atoms with van der Waals surface area (Å²) in [5.41, 5.74) is 0.904. The predicted molar refractivity (Wildman–Crippen MR) is 68.2 cm³/mol. The molecule has 3 fully saturated rings. The van der Waals surface area contributed by atoms with Crippen molar-refractivity contribution in [1.29, 1.82) is 0 Å². The van der Waals surface area contributed by atoms with Gasteiger partial charge in [-0.2, -0.15) is 13.2 Å². The highest BCUT2D eigenvalue weighted by atomic mass is 127. The van der Waals surface area contributed by atoms with Crippen LogP contribution < -0.4 is 0 Å². The van der Waals surface area contributed by atoms with Gasteiger partial charge >= 0.3 is 6.18 Å². The minimum absolute atomic E-state index is 0.418. The second kappa shape index (κ2) is 3.39. The number of hydrogen-bond donors (Lipinski definition) is 0. The van der Waals surface area contributed by atoms with Gasteiger partial charge in [0.1, 0.15) is 0 Å². The SMILES string of the molecule is FC(F)(F)c1ccc(CC23CC(I)(C2)C3)cc1. The molecule has 2 bridgehead atoms. The summed E-state index contributed by atoms with van der Waals surface area (Å²) in [6, 6.07) is 5.65. The number of rotatable bonds is 2. The van der Waals surface area contributed by atoms with Crippen LogP contribution in [0.4, 0.5) is 13.2 Å². The molecule has 3 saturated carbocycles. The lowest BCUT2D eigenvalue weighted by atomic mass is 9.43. The molecule has 17 heavy (non-hydrogen) atoms. The van der Waals surface area contributed by atoms with Gasteiger partial charge in [0.15, 0.2) is 0 Å². The van der Waals surface area contributed by atoms with Crippen molar-refractivity contribution in [2.45, 2.75) is 35.3 Å². The second-order valence-corrected chi connectivity index (χ2v) is 7.84. The Morgan fingerprint density at radius 2 is 1.59 bits per heavy atom. The van der Waals surface area contributed by atoms with Crippen LogP contribution in [-0.4, -0.2) is 3.42 Å². The van der Waals surface area contributed by atoms with Crippen molar-refractivity contribution in [1.82, 2.24) is 0 Å². The van der Waals surface area contributed by atoms with Gasteiger partial charge in [0.2, 0.25) is 0 Å². The molecule has 0 radical (unpaired) electrons. The average molecular weight is 352 g/mol. The first-order valence-corrected chi connectivity index (χ1v) is 6.73. The molecule has 4 rings (SSSR count). The minimum atomic E-state index is -4.22. The molecule has 3 aliphatic carbocycles. The second-order valence-electron chi connectivity index (χ2n) is 5.55. The third-order valence-corrected chi connectivity index (χ3v) is 5.08. The molecule has 0 nitrogen and oxygen atoms in total. The van der Waals surface area contributed by atoms with Gasteiger partial charge in [-0.1, -0.05) is 34.7 Å². The highest BCUT2D eigenvalue weighted by Gasteiger charge is 2.65. The number of hydrogen-bond acceptors (Lipinski definition) is 0. The van der Waals surface area contributed by atoms with Crippen molar-refractivity contribution in [3.05, 3.63) is 35.4 Å². The predicted octanol–water partition coefficient (Wildman–Crippen LogP) is 4.61. The minimum Gasteiger partial charge on any atom is -0.166 e. The zero-order valence-electron chi connectivity index (χ0n) is 9.15. The molecule has 0 saturated heterocycles. The molecule has 1 aromatic rings. The maximum absolute atomic E-state index is 12.4. The Hall–Kier alpha value is -0.260. The van der Waals surface area contributed by atoms with E-state index >= 15 is 0 Å². The van der Waals surface area contributed by atoms with Crippen LogP contribution in [0.5, 0.6) is 0 Å². The largest absolute Gasteiger partial charge is 0.416 e. The van der Waals surface area contributed by atoms with Crippen LogP contribution >= 0.6 is 22.6 Å². The Morgan fingerprint density at radius 1 is 1.06 bits per heavy atom. The van der Waals surface area contributed by atoms with E-state index in [1.807, 2.05) is 0 Å². The maximum atomic E-state index is 12.4. The smallest absolute Gasteiger partial charge is 0.166 e. The van der Waals surface area contributed by atoms with Gasteiger partial charge in [-0.15, -0.1) is 0 Å². The van der Waals surface area contributed by atoms with E-state index in [4.69, 9.17) is 0 Å². The van der Waals surface area contributed by atoms with E-state index in [9.17, 15) is 13.2 Å². The molecule has 0 aliphatic heterocycles. The van der Waals surface area contributed by atoms with Crippen LogP contribution in [0.1, 0.15) is 30.4 Å². The van der Waals surface area contributed by atoms with Crippen molar-refractivity contribution < 1.29 is 13.2 Å². The number of alkyl halides is 4. The van der Waals surface area contributed by atoms with Crippen LogP contribution in [0.3, 0.4) is 0 Å². The van der Waals surface area contributed by atoms with E-state index in [-0.39, 0.29) is 0 Å². The third kappa shape index (κ3) is 1.98. The summed E-state index contributed by atoms with van der Waals surface area (Å²) >= 11 is 2.51. The topological polar surface area (TPSA) is 0 Å². The molecule has 0 heterocycles. The Labute approximate surface area is 112 Å². The first kappa shape index (κ1) is 11.8. The number of halogens is 4. The lowest BCUT2D eigenvalue weighted by Gasteiger charge is -2.68. The molecule has 0 amide bonds. The van der Waals surface area contributed by atoms with Gasteiger partial charge in [0.25, 0.3) is 0 Å². The van der Waals surface area contributed by atoms with Gasteiger partial charge in [-0.05, 0) is 48.8 Å². The molecule has 0 aromatic heterocycles. The van der Waals surface area contributed by atoms with E-state index in [2.05, 4.69) is 22.6 Å². The van der Waals surface area contributed by atoms with Crippen LogP contribution in [0.15, 0.2) is 24.3 Å². The van der Waals surface area contributed by atoms with Crippen LogP contribution in [-0.2, 0) is 12.6 Å². The Balaban J connectivity index is 1.69. The lowest BCUT2D eigenvalue weighted by Crippen LogP contribution is -2.63. The molecule has 0 atom stereocenters. The lowest BCUT2D eigenvalue weighted by molar-refractivity contribution is -0.137. The molecular weight excluding hydrogens is 340 g/mol. The van der Waals surface area contributed by atoms with Crippen LogP contribution in [0, 0.1) is 5.41 Å². The fourth-order valence-corrected chi connectivity index (χ4v) is 5.72. The van der Waals surface area contributed by atoms with E-state index in [1.165, 1.54) is 31.4 Å². The van der Waals surface area contributed by atoms with Gasteiger partial charge in [-0.3, -0.25) is 0 Å². The van der Waals surface area contributed by atoms with Crippen LogP contribution in [0.25, 0.3) is 0 Å². The van der Waals surface area contributed by atoms with E-state index in [1.54, 1.807) is 12.1 Å². The van der Waals surface area contributed by atoms with Gasteiger partial charge in [0.05, 0.1) is 5.56 Å². The zero-order chi connectivity index (χ0) is 12.3. The van der Waals surface area contributed by atoms with E-state index < -0.39 is 11.7 Å². The fraction of sp³-hybridized carbons (Fsp3) is 0.538. The quantitative estimate of drug-likeness (QED) is 0.539. The number of benzene rings is 1. The summed E-state index contributed by atoms with van der Waals surface area (Å²) in [5, 5.41) is 0. The van der Waals surface area contributed by atoms with Crippen molar-refractivity contribution >= 4 is 22.6 Å². The normalized spacial score (nSPS) is 35.1. The summed E-state index contributed by atoms with van der Waals surface area (Å²) in [4.78, 5) is 0. The highest BCUT2D eigenvalue weighted by Crippen LogP contribution is 2.72. The van der Waals surface area contributed by atoms with Crippen molar-refractivity contribution in [3.63, 3.8) is 0 Å². The maximum Gasteiger partial charge on any atom is 0.416 e. The Morgan fingerprint density at radius 3 is 2.00 bits per heavy atom. The van der Waals surface area contributed by atoms with Crippen molar-refractivity contribution in [2.24, 2.45) is 5.41 Å². The molecule has 0 N–H and O–H groups in total. The Bertz CT molecular complexity index is 427. The summed E-state index contributed by atoms with van der Waals surface area (Å²) < 4.78 is 37.7. The Kier molecular flexibility index (Phi) is 2.36. The van der Waals surface area contributed by atoms with Gasteiger partial charge in [-0.25, -0.2) is 0 Å². The van der Waals surface area contributed by atoms with E-state index in [0.29, 0.717) is 8.84 Å². The third-order valence-electron chi connectivity index (χ3n) is 3.94. The summed E-state index contributed by atoms with van der Waals surface area (Å²) in [7, 11) is 0. The first-order chi connectivity index (χ1) is 7.80. The fourth-order valence-electron chi connectivity index (χ4n) is 3.29. The summed E-state index contributed by atoms with van der Waals surface area (Å²) in [6.07, 6.45) is 0.432. The van der Waals surface area contributed by atoms with E-state index in [0.717, 1.165) is 12.0 Å². The van der Waals surface area contributed by atoms with Gasteiger partial charge in [0, 0.05) is 3.42 Å². The molecular formula is C13H12F3I.